The fourth-order valence-corrected chi connectivity index (χ4v) is 4.33. The Morgan fingerprint density at radius 3 is 2.36 bits per heavy atom. The summed E-state index contributed by atoms with van der Waals surface area (Å²) in [5.74, 6) is -1.81. The molecule has 0 saturated carbocycles. The lowest BCUT2D eigenvalue weighted by Gasteiger charge is -2.19. The number of unbranched alkanes of at least 4 members (excludes halogenated alkanes) is 5. The van der Waals surface area contributed by atoms with Gasteiger partial charge in [-0.3, -0.25) is 9.59 Å². The van der Waals surface area contributed by atoms with Crippen molar-refractivity contribution >= 4 is 46.4 Å². The summed E-state index contributed by atoms with van der Waals surface area (Å²) in [5, 5.41) is 14.9. The average molecular weight is 581 g/mol. The van der Waals surface area contributed by atoms with Crippen LogP contribution in [0.2, 0.25) is 0 Å². The molecule has 2 aromatic heterocycles. The standard InChI is InChI=1S/C28H40N10O4/c1-38(17-19-16-33-25-23(34-19)24(30)36-28(31)37-25)20-10-8-18(9-11-20)26(40)35-21(27(41)42)12-13-22(39)32-15-7-5-3-2-4-6-14-29/h8-11,16,21H,2-7,12-15,17,29H2,1H3,(H,32,39)(H,35,40)(H,41,42)(H4,30,31,33,36,37)/t21-/m0/s1. The predicted molar refractivity (Wildman–Crippen MR) is 160 cm³/mol. The normalized spacial score (nSPS) is 11.7. The molecule has 0 aliphatic heterocycles. The number of nitrogens with two attached hydrogens (primary N) is 3. The summed E-state index contributed by atoms with van der Waals surface area (Å²) in [4.78, 5) is 55.2. The summed E-state index contributed by atoms with van der Waals surface area (Å²) in [6.45, 7) is 1.65. The number of anilines is 3. The maximum absolute atomic E-state index is 12.7. The van der Waals surface area contributed by atoms with Crippen LogP contribution in [-0.4, -0.2) is 69.0 Å². The molecule has 2 heterocycles. The molecule has 3 aromatic rings. The highest BCUT2D eigenvalue weighted by Gasteiger charge is 2.22. The average Bonchev–Trinajstić information content (AvgIpc) is 2.96. The number of aromatic nitrogens is 4. The van der Waals surface area contributed by atoms with Gasteiger partial charge < -0.3 is 37.8 Å². The van der Waals surface area contributed by atoms with E-state index < -0.39 is 17.9 Å². The van der Waals surface area contributed by atoms with Crippen molar-refractivity contribution in [2.24, 2.45) is 5.73 Å². The van der Waals surface area contributed by atoms with Crippen molar-refractivity contribution in [3.8, 4) is 0 Å². The Labute approximate surface area is 244 Å². The topological polar surface area (TPSA) is 228 Å². The molecule has 0 unspecified atom stereocenters. The van der Waals surface area contributed by atoms with Crippen LogP contribution >= 0.6 is 0 Å². The highest BCUT2D eigenvalue weighted by molar-refractivity contribution is 5.97. The number of hydrogen-bond donors (Lipinski definition) is 6. The summed E-state index contributed by atoms with van der Waals surface area (Å²) in [6.07, 6.45) is 7.84. The van der Waals surface area contributed by atoms with Crippen LogP contribution in [0.15, 0.2) is 30.5 Å². The van der Waals surface area contributed by atoms with Crippen molar-refractivity contribution < 1.29 is 19.5 Å². The van der Waals surface area contributed by atoms with Crippen LogP contribution in [0.1, 0.15) is 67.4 Å². The number of aliphatic carboxylic acids is 1. The number of carboxylic acids is 1. The maximum atomic E-state index is 12.7. The molecule has 14 nitrogen and oxygen atoms in total. The van der Waals surface area contributed by atoms with Gasteiger partial charge in [0.05, 0.1) is 18.4 Å². The van der Waals surface area contributed by atoms with Gasteiger partial charge in [-0.15, -0.1) is 0 Å². The first-order valence-corrected chi connectivity index (χ1v) is 14.0. The number of carboxylic acid groups (broad SMARTS) is 1. The number of nitrogens with one attached hydrogen (secondary N) is 2. The molecule has 0 saturated heterocycles. The van der Waals surface area contributed by atoms with Crippen LogP contribution in [0.4, 0.5) is 17.5 Å². The van der Waals surface area contributed by atoms with Crippen molar-refractivity contribution in [3.63, 3.8) is 0 Å². The summed E-state index contributed by atoms with van der Waals surface area (Å²) in [7, 11) is 1.85. The number of carbonyl (C=O) groups is 3. The molecule has 1 aromatic carbocycles. The molecule has 0 radical (unpaired) electrons. The van der Waals surface area contributed by atoms with Gasteiger partial charge in [-0.1, -0.05) is 25.7 Å². The van der Waals surface area contributed by atoms with E-state index in [2.05, 4.69) is 30.6 Å². The molecule has 1 atom stereocenters. The number of nitrogen functional groups attached to an aromatic ring is 2. The number of carbonyl (C=O) groups excluding carboxylic acids is 2. The van der Waals surface area contributed by atoms with E-state index in [0.29, 0.717) is 42.1 Å². The highest BCUT2D eigenvalue weighted by atomic mass is 16.4. The Bertz CT molecular complexity index is 1350. The van der Waals surface area contributed by atoms with E-state index in [1.165, 1.54) is 0 Å². The summed E-state index contributed by atoms with van der Waals surface area (Å²) in [6, 6.07) is 5.49. The molecule has 3 rings (SSSR count). The second kappa shape index (κ2) is 16.0. The first kappa shape index (κ1) is 31.9. The molecule has 0 aliphatic rings. The van der Waals surface area contributed by atoms with Gasteiger partial charge >= 0.3 is 5.97 Å². The number of amides is 2. The smallest absolute Gasteiger partial charge is 0.326 e. The third-order valence-corrected chi connectivity index (χ3v) is 6.69. The largest absolute Gasteiger partial charge is 0.480 e. The molecule has 0 aliphatic carbocycles. The molecule has 2 amide bonds. The fourth-order valence-electron chi connectivity index (χ4n) is 4.33. The lowest BCUT2D eigenvalue weighted by molar-refractivity contribution is -0.139. The minimum atomic E-state index is -1.20. The number of rotatable bonds is 17. The van der Waals surface area contributed by atoms with E-state index in [1.807, 2.05) is 11.9 Å². The third-order valence-electron chi connectivity index (χ3n) is 6.69. The van der Waals surface area contributed by atoms with Gasteiger partial charge in [0.1, 0.15) is 6.04 Å². The number of benzene rings is 1. The summed E-state index contributed by atoms with van der Waals surface area (Å²) in [5.41, 5.74) is 19.4. The van der Waals surface area contributed by atoms with E-state index in [-0.39, 0.29) is 30.5 Å². The predicted octanol–water partition coefficient (Wildman–Crippen LogP) is 1.60. The minimum Gasteiger partial charge on any atom is -0.480 e. The maximum Gasteiger partial charge on any atom is 0.326 e. The zero-order chi connectivity index (χ0) is 30.5. The van der Waals surface area contributed by atoms with E-state index >= 15 is 0 Å². The molecule has 42 heavy (non-hydrogen) atoms. The van der Waals surface area contributed by atoms with Crippen LogP contribution < -0.4 is 32.7 Å². The molecule has 14 heteroatoms. The van der Waals surface area contributed by atoms with Crippen molar-refractivity contribution in [1.82, 2.24) is 30.6 Å². The minimum absolute atomic E-state index is 0.000301. The van der Waals surface area contributed by atoms with Crippen LogP contribution in [0, 0.1) is 0 Å². The zero-order valence-electron chi connectivity index (χ0n) is 23.9. The monoisotopic (exact) mass is 580 g/mol. The van der Waals surface area contributed by atoms with Gasteiger partial charge in [-0.25, -0.2) is 14.8 Å². The first-order valence-electron chi connectivity index (χ1n) is 14.0. The first-order chi connectivity index (χ1) is 20.2. The van der Waals surface area contributed by atoms with Crippen molar-refractivity contribution in [2.45, 2.75) is 64.0 Å². The van der Waals surface area contributed by atoms with Gasteiger partial charge in [0.15, 0.2) is 17.0 Å². The second-order valence-corrected chi connectivity index (χ2v) is 10.1. The Balaban J connectivity index is 1.46. The van der Waals surface area contributed by atoms with Crippen molar-refractivity contribution in [3.05, 3.63) is 41.7 Å². The highest BCUT2D eigenvalue weighted by Crippen LogP contribution is 2.19. The number of nitrogens with zero attached hydrogens (tertiary/aromatic N) is 5. The van der Waals surface area contributed by atoms with Gasteiger partial charge in [0, 0.05) is 31.3 Å². The Kier molecular flexibility index (Phi) is 12.2. The molecule has 0 bridgehead atoms. The molecule has 9 N–H and O–H groups in total. The van der Waals surface area contributed by atoms with Crippen LogP contribution in [-0.2, 0) is 16.1 Å². The molecule has 0 spiro atoms. The molecule has 0 fully saturated rings. The van der Waals surface area contributed by atoms with Crippen LogP contribution in [0.3, 0.4) is 0 Å². The van der Waals surface area contributed by atoms with E-state index in [1.54, 1.807) is 30.5 Å². The number of hydrogen-bond acceptors (Lipinski definition) is 11. The summed E-state index contributed by atoms with van der Waals surface area (Å²) < 4.78 is 0. The third kappa shape index (κ3) is 9.80. The summed E-state index contributed by atoms with van der Waals surface area (Å²) >= 11 is 0. The Morgan fingerprint density at radius 1 is 0.976 bits per heavy atom. The Morgan fingerprint density at radius 2 is 1.67 bits per heavy atom. The quantitative estimate of drug-likeness (QED) is 0.125. The van der Waals surface area contributed by atoms with E-state index in [4.69, 9.17) is 17.2 Å². The van der Waals surface area contributed by atoms with Gasteiger partial charge in [-0.2, -0.15) is 9.97 Å². The SMILES string of the molecule is CN(Cc1cnc2nc(N)nc(N)c2n1)c1ccc(C(=O)N[C@@H](CCC(=O)NCCCCCCCCN)C(=O)O)cc1. The molecule has 226 valence electrons. The number of fused-ring (bicyclic) bond motifs is 1. The van der Waals surface area contributed by atoms with Gasteiger partial charge in [-0.05, 0) is 50.1 Å². The van der Waals surface area contributed by atoms with Gasteiger partial charge in [0.25, 0.3) is 5.91 Å². The zero-order valence-corrected chi connectivity index (χ0v) is 23.9. The Hall–Kier alpha value is -4.59. The van der Waals surface area contributed by atoms with Crippen LogP contribution in [0.25, 0.3) is 11.2 Å². The lowest BCUT2D eigenvalue weighted by atomic mass is 10.1. The second-order valence-electron chi connectivity index (χ2n) is 10.1. The van der Waals surface area contributed by atoms with Crippen molar-refractivity contribution in [2.75, 3.05) is 36.5 Å². The van der Waals surface area contributed by atoms with Crippen molar-refractivity contribution in [1.29, 1.82) is 0 Å². The van der Waals surface area contributed by atoms with Crippen LogP contribution in [0.5, 0.6) is 0 Å². The van der Waals surface area contributed by atoms with E-state index in [0.717, 1.165) is 44.2 Å². The van der Waals surface area contributed by atoms with Gasteiger partial charge in [0.2, 0.25) is 11.9 Å². The fraction of sp³-hybridized carbons (Fsp3) is 0.464. The molecular weight excluding hydrogens is 540 g/mol. The molecular formula is C28H40N10O4. The van der Waals surface area contributed by atoms with E-state index in [9.17, 15) is 19.5 Å². The lowest BCUT2D eigenvalue weighted by Crippen LogP contribution is -2.41.